The van der Waals surface area contributed by atoms with Gasteiger partial charge in [0.25, 0.3) is 0 Å². The third-order valence-corrected chi connectivity index (χ3v) is 13.3. The van der Waals surface area contributed by atoms with Gasteiger partial charge in [-0.05, 0) is 90.4 Å². The number of methoxy groups -OCH3 is 1. The number of ether oxygens (including phenoxy) is 1. The second kappa shape index (κ2) is 8.29. The summed E-state index contributed by atoms with van der Waals surface area (Å²) in [7, 11) is 1.50. The molecule has 5 rings (SSSR count). The van der Waals surface area contributed by atoms with E-state index in [0.29, 0.717) is 5.70 Å². The van der Waals surface area contributed by atoms with Crippen LogP contribution in [0.15, 0.2) is 23.4 Å². The first-order valence-electron chi connectivity index (χ1n) is 14.7. The largest absolute Gasteiger partial charge is 0.469 e. The SMILES string of the molecule is [C-]#[N+]C1=C[C@]2(C)C3=CC(=O)[C@@H]4[C@@H]5CC(C)(C)CC[C@]5(C(=O)OC)CC[C@@]4(C)[C@]3(C)CC[C@H]2[C@](C)(CO)[C@H]1C. The van der Waals surface area contributed by atoms with Crippen LogP contribution in [0.2, 0.25) is 0 Å². The van der Waals surface area contributed by atoms with Crippen molar-refractivity contribution >= 4 is 11.8 Å². The van der Waals surface area contributed by atoms with Gasteiger partial charge in [-0.2, -0.15) is 0 Å². The van der Waals surface area contributed by atoms with Gasteiger partial charge in [0.05, 0.1) is 19.1 Å². The van der Waals surface area contributed by atoms with Crippen LogP contribution in [0.3, 0.4) is 0 Å². The van der Waals surface area contributed by atoms with Crippen LogP contribution < -0.4 is 0 Å². The zero-order chi connectivity index (χ0) is 28.1. The van der Waals surface area contributed by atoms with Crippen molar-refractivity contribution in [2.45, 2.75) is 93.4 Å². The molecule has 0 bridgehead atoms. The minimum absolute atomic E-state index is 0.0257. The Balaban J connectivity index is 1.70. The number of carbonyl (C=O) groups is 2. The molecule has 3 saturated carbocycles. The molecule has 5 heteroatoms. The van der Waals surface area contributed by atoms with E-state index in [1.54, 1.807) is 0 Å². The van der Waals surface area contributed by atoms with Crippen LogP contribution in [0.25, 0.3) is 4.85 Å². The van der Waals surface area contributed by atoms with Gasteiger partial charge in [0.1, 0.15) is 0 Å². The summed E-state index contributed by atoms with van der Waals surface area (Å²) in [5.41, 5.74) is -0.0737. The first-order valence-corrected chi connectivity index (χ1v) is 14.7. The zero-order valence-corrected chi connectivity index (χ0v) is 24.7. The Morgan fingerprint density at radius 2 is 1.76 bits per heavy atom. The molecule has 0 spiro atoms. The van der Waals surface area contributed by atoms with Crippen molar-refractivity contribution in [2.24, 2.45) is 56.2 Å². The predicted molar refractivity (Wildman–Crippen MR) is 147 cm³/mol. The molecule has 5 nitrogen and oxygen atoms in total. The summed E-state index contributed by atoms with van der Waals surface area (Å²) in [4.78, 5) is 31.8. The molecular weight excluding hydrogens is 474 g/mol. The maximum absolute atomic E-state index is 14.5. The minimum Gasteiger partial charge on any atom is -0.469 e. The lowest BCUT2D eigenvalue weighted by atomic mass is 9.34. The van der Waals surface area contributed by atoms with Crippen LogP contribution in [0.4, 0.5) is 0 Å². The maximum Gasteiger partial charge on any atom is 0.312 e. The summed E-state index contributed by atoms with van der Waals surface area (Å²) in [5, 5.41) is 10.7. The predicted octanol–water partition coefficient (Wildman–Crippen LogP) is 6.77. The molecule has 0 amide bonds. The lowest BCUT2D eigenvalue weighted by molar-refractivity contribution is -0.191. The van der Waals surface area contributed by atoms with Crippen LogP contribution in [0.1, 0.15) is 93.4 Å². The molecule has 208 valence electrons. The van der Waals surface area contributed by atoms with Crippen molar-refractivity contribution < 1.29 is 19.4 Å². The molecular formula is C33H47NO4. The number of fused-ring (bicyclic) bond motifs is 7. The van der Waals surface area contributed by atoms with Gasteiger partial charge in [-0.3, -0.25) is 9.59 Å². The number of allylic oxidation sites excluding steroid dienone is 4. The third kappa shape index (κ3) is 3.19. The van der Waals surface area contributed by atoms with E-state index in [2.05, 4.69) is 59.4 Å². The summed E-state index contributed by atoms with van der Waals surface area (Å²) in [6, 6.07) is 0. The van der Waals surface area contributed by atoms with Gasteiger partial charge in [-0.1, -0.05) is 60.1 Å². The van der Waals surface area contributed by atoms with Crippen molar-refractivity contribution in [1.82, 2.24) is 0 Å². The van der Waals surface area contributed by atoms with Crippen LogP contribution >= 0.6 is 0 Å². The third-order valence-electron chi connectivity index (χ3n) is 13.3. The first kappa shape index (κ1) is 27.6. The van der Waals surface area contributed by atoms with E-state index in [1.165, 1.54) is 7.11 Å². The van der Waals surface area contributed by atoms with E-state index in [9.17, 15) is 14.7 Å². The molecule has 0 aromatic carbocycles. The fourth-order valence-corrected chi connectivity index (χ4v) is 10.6. The maximum atomic E-state index is 14.5. The fourth-order valence-electron chi connectivity index (χ4n) is 10.6. The van der Waals surface area contributed by atoms with Gasteiger partial charge < -0.3 is 9.84 Å². The standard InChI is InChI=1S/C33H47NO4/c1-20-22(34-8)18-29(4)24(30(20,5)19-35)10-11-31(6)25(29)16-23(36)26-21-17-28(2,3)12-14-33(21,27(37)38-9)15-13-32(26,31)7/h16,18,20-21,24,26,35H,10-15,17,19H2,1-7,9H3/t20-,21-,24+,26-,29-,30+,31+,32+,33-/m0/s1. The summed E-state index contributed by atoms with van der Waals surface area (Å²) >= 11 is 0. The quantitative estimate of drug-likeness (QED) is 0.322. The van der Waals surface area contributed by atoms with Crippen LogP contribution in [0.5, 0.6) is 0 Å². The van der Waals surface area contributed by atoms with E-state index in [0.717, 1.165) is 50.5 Å². The molecule has 9 atom stereocenters. The van der Waals surface area contributed by atoms with Crippen molar-refractivity contribution in [2.75, 3.05) is 13.7 Å². The fraction of sp³-hybridized carbons (Fsp3) is 0.788. The number of carbonyl (C=O) groups excluding carboxylic acids is 2. The van der Waals surface area contributed by atoms with E-state index < -0.39 is 16.2 Å². The molecule has 0 aliphatic heterocycles. The average molecular weight is 522 g/mol. The number of nitrogens with zero attached hydrogens (tertiary/aromatic N) is 1. The normalized spacial score (nSPS) is 49.2. The highest BCUT2D eigenvalue weighted by Gasteiger charge is 2.71. The van der Waals surface area contributed by atoms with Crippen molar-refractivity contribution in [3.05, 3.63) is 34.8 Å². The molecule has 38 heavy (non-hydrogen) atoms. The Morgan fingerprint density at radius 1 is 1.11 bits per heavy atom. The Labute approximate surface area is 229 Å². The number of hydrogen-bond donors (Lipinski definition) is 1. The number of rotatable bonds is 2. The highest BCUT2D eigenvalue weighted by atomic mass is 16.5. The summed E-state index contributed by atoms with van der Waals surface area (Å²) < 4.78 is 5.43. The Hall–Kier alpha value is -1.93. The number of ketones is 1. The molecule has 5 aliphatic rings. The Bertz CT molecular complexity index is 1180. The van der Waals surface area contributed by atoms with Gasteiger partial charge in [0.2, 0.25) is 0 Å². The first-order chi connectivity index (χ1) is 17.6. The topological polar surface area (TPSA) is 68.0 Å². The Morgan fingerprint density at radius 3 is 2.37 bits per heavy atom. The molecule has 0 heterocycles. The monoisotopic (exact) mass is 521 g/mol. The molecule has 0 unspecified atom stereocenters. The van der Waals surface area contributed by atoms with E-state index >= 15 is 0 Å². The average Bonchev–Trinajstić information content (AvgIpc) is 2.86. The molecule has 0 saturated heterocycles. The van der Waals surface area contributed by atoms with Crippen LogP contribution in [-0.2, 0) is 14.3 Å². The number of aliphatic hydroxyl groups is 1. The highest BCUT2D eigenvalue weighted by molar-refractivity contribution is 5.96. The number of esters is 1. The highest BCUT2D eigenvalue weighted by Crippen LogP contribution is 2.75. The molecule has 0 aromatic heterocycles. The van der Waals surface area contributed by atoms with Crippen molar-refractivity contribution in [3.63, 3.8) is 0 Å². The van der Waals surface area contributed by atoms with Crippen molar-refractivity contribution in [1.29, 1.82) is 0 Å². The minimum atomic E-state index is -0.584. The lowest BCUT2D eigenvalue weighted by Gasteiger charge is -2.69. The summed E-state index contributed by atoms with van der Waals surface area (Å²) in [5.74, 6) is -0.115. The van der Waals surface area contributed by atoms with Gasteiger partial charge >= 0.3 is 5.97 Å². The molecule has 3 fully saturated rings. The molecule has 0 aromatic rings. The lowest BCUT2D eigenvalue weighted by Crippen LogP contribution is -2.66. The molecule has 5 aliphatic carbocycles. The van der Waals surface area contributed by atoms with Gasteiger partial charge in [0, 0.05) is 17.9 Å². The van der Waals surface area contributed by atoms with Crippen molar-refractivity contribution in [3.8, 4) is 0 Å². The number of aliphatic hydroxyl groups excluding tert-OH is 1. The van der Waals surface area contributed by atoms with Crippen LogP contribution in [0, 0.1) is 62.7 Å². The second-order valence-corrected chi connectivity index (χ2v) is 15.3. The smallest absolute Gasteiger partial charge is 0.312 e. The van der Waals surface area contributed by atoms with Gasteiger partial charge in [0.15, 0.2) is 11.5 Å². The number of hydrogen-bond acceptors (Lipinski definition) is 4. The zero-order valence-electron chi connectivity index (χ0n) is 24.7. The molecule has 0 radical (unpaired) electrons. The van der Waals surface area contributed by atoms with Crippen LogP contribution in [-0.4, -0.2) is 30.6 Å². The van der Waals surface area contributed by atoms with Gasteiger partial charge in [-0.15, -0.1) is 0 Å². The Kier molecular flexibility index (Phi) is 6.03. The van der Waals surface area contributed by atoms with E-state index in [1.807, 2.05) is 6.08 Å². The second-order valence-electron chi connectivity index (χ2n) is 15.3. The van der Waals surface area contributed by atoms with Gasteiger partial charge in [-0.25, -0.2) is 4.85 Å². The van der Waals surface area contributed by atoms with E-state index in [4.69, 9.17) is 11.3 Å². The summed E-state index contributed by atoms with van der Waals surface area (Å²) in [6.07, 6.45) is 10.2. The van der Waals surface area contributed by atoms with E-state index in [-0.39, 0.29) is 58.3 Å². The summed E-state index contributed by atoms with van der Waals surface area (Å²) in [6.45, 7) is 23.6. The molecule has 1 N–H and O–H groups in total.